The monoisotopic (exact) mass is 350 g/mol. The summed E-state index contributed by atoms with van der Waals surface area (Å²) in [6, 6.07) is 0.406. The molecule has 2 rings (SSSR count). The van der Waals surface area contributed by atoms with Crippen molar-refractivity contribution in [3.8, 4) is 0 Å². The Morgan fingerprint density at radius 3 is 2.12 bits per heavy atom. The Bertz CT molecular complexity index is 467. The van der Waals surface area contributed by atoms with E-state index in [9.17, 15) is 0 Å². The largest absolute Gasteiger partial charge is 0.378 e. The molecule has 5 heteroatoms. The van der Waals surface area contributed by atoms with Gasteiger partial charge in [0.05, 0.1) is 30.4 Å². The summed E-state index contributed by atoms with van der Waals surface area (Å²) in [5.74, 6) is 3.16. The average molecular weight is 351 g/mol. The van der Waals surface area contributed by atoms with E-state index in [-0.39, 0.29) is 5.54 Å². The lowest BCUT2D eigenvalue weighted by molar-refractivity contribution is 0.0675. The number of rotatable bonds is 3. The van der Waals surface area contributed by atoms with Gasteiger partial charge in [0, 0.05) is 32.2 Å². The van der Waals surface area contributed by atoms with Crippen LogP contribution < -0.4 is 0 Å². The van der Waals surface area contributed by atoms with Gasteiger partial charge >= 0.3 is 0 Å². The number of nitrogens with zero attached hydrogens (tertiary/aromatic N) is 4. The third-order valence-electron chi connectivity index (χ3n) is 5.12. The molecule has 5 nitrogen and oxygen atoms in total. The van der Waals surface area contributed by atoms with Crippen LogP contribution in [0.1, 0.15) is 60.8 Å². The smallest absolute Gasteiger partial charge is 0.0964 e. The van der Waals surface area contributed by atoms with E-state index in [4.69, 9.17) is 14.7 Å². The summed E-state index contributed by atoms with van der Waals surface area (Å²) in [4.78, 5) is 14.6. The molecule has 0 aromatic rings. The first-order valence-electron chi connectivity index (χ1n) is 9.93. The van der Waals surface area contributed by atoms with E-state index in [0.717, 1.165) is 45.3 Å². The van der Waals surface area contributed by atoms with Crippen LogP contribution in [0.3, 0.4) is 0 Å². The highest BCUT2D eigenvalue weighted by atomic mass is 16.5. The van der Waals surface area contributed by atoms with Crippen molar-refractivity contribution in [2.75, 3.05) is 39.4 Å². The number of hydrogen-bond donors (Lipinski definition) is 0. The minimum absolute atomic E-state index is 0.0151. The van der Waals surface area contributed by atoms with Crippen molar-refractivity contribution in [1.29, 1.82) is 0 Å². The summed E-state index contributed by atoms with van der Waals surface area (Å²) in [6.45, 7) is 19.0. The summed E-state index contributed by atoms with van der Waals surface area (Å²) in [5.41, 5.74) is 0.0151. The molecule has 2 fully saturated rings. The zero-order chi connectivity index (χ0) is 18.4. The summed E-state index contributed by atoms with van der Waals surface area (Å²) in [6.07, 6.45) is 3.71. The highest BCUT2D eigenvalue weighted by molar-refractivity contribution is 5.80. The number of piperidine rings is 1. The van der Waals surface area contributed by atoms with Gasteiger partial charge in [-0.15, -0.1) is 0 Å². The highest BCUT2D eigenvalue weighted by Crippen LogP contribution is 2.24. The molecule has 0 radical (unpaired) electrons. The molecule has 0 spiro atoms. The van der Waals surface area contributed by atoms with E-state index < -0.39 is 0 Å². The SMILES string of the molecule is C/C(=N\C(C)CC1CCN(/C(C)=N/C(C)(C)C)CC1)N1CCOCC1. The van der Waals surface area contributed by atoms with Crippen LogP contribution in [0, 0.1) is 5.92 Å². The van der Waals surface area contributed by atoms with Crippen molar-refractivity contribution in [3.05, 3.63) is 0 Å². The first-order chi connectivity index (χ1) is 11.7. The molecule has 0 aromatic heterocycles. The maximum Gasteiger partial charge on any atom is 0.0964 e. The number of hydrogen-bond acceptors (Lipinski definition) is 3. The molecule has 2 saturated heterocycles. The number of morpholine rings is 1. The Kier molecular flexibility index (Phi) is 7.29. The molecule has 0 N–H and O–H groups in total. The minimum atomic E-state index is 0.0151. The normalized spacial score (nSPS) is 23.1. The number of aliphatic imine (C=N–C) groups is 2. The van der Waals surface area contributed by atoms with E-state index in [1.807, 2.05) is 0 Å². The van der Waals surface area contributed by atoms with Crippen LogP contribution in [0.15, 0.2) is 9.98 Å². The second kappa shape index (κ2) is 9.02. The second-order valence-electron chi connectivity index (χ2n) is 8.62. The van der Waals surface area contributed by atoms with Gasteiger partial charge in [0.25, 0.3) is 0 Å². The van der Waals surface area contributed by atoms with E-state index in [0.29, 0.717) is 6.04 Å². The molecular formula is C20H38N4O. The third-order valence-corrected chi connectivity index (χ3v) is 5.12. The fourth-order valence-electron chi connectivity index (χ4n) is 3.87. The molecule has 144 valence electrons. The maximum atomic E-state index is 5.42. The topological polar surface area (TPSA) is 40.4 Å². The van der Waals surface area contributed by atoms with E-state index in [1.54, 1.807) is 0 Å². The molecule has 25 heavy (non-hydrogen) atoms. The van der Waals surface area contributed by atoms with E-state index in [2.05, 4.69) is 51.3 Å². The van der Waals surface area contributed by atoms with Crippen LogP contribution in [-0.2, 0) is 4.74 Å². The van der Waals surface area contributed by atoms with Gasteiger partial charge in [0.15, 0.2) is 0 Å². The van der Waals surface area contributed by atoms with Crippen LogP contribution in [0.25, 0.3) is 0 Å². The molecule has 2 aliphatic heterocycles. The Morgan fingerprint density at radius 2 is 1.56 bits per heavy atom. The molecule has 0 aliphatic carbocycles. The molecule has 2 heterocycles. The summed E-state index contributed by atoms with van der Waals surface area (Å²) in [5, 5.41) is 0. The van der Waals surface area contributed by atoms with Gasteiger partial charge in [-0.05, 0) is 66.7 Å². The molecule has 0 saturated carbocycles. The number of ether oxygens (including phenoxy) is 1. The first-order valence-corrected chi connectivity index (χ1v) is 9.93. The lowest BCUT2D eigenvalue weighted by Crippen LogP contribution is -2.40. The lowest BCUT2D eigenvalue weighted by atomic mass is 9.90. The van der Waals surface area contributed by atoms with Crippen LogP contribution >= 0.6 is 0 Å². The molecule has 0 amide bonds. The molecule has 1 unspecified atom stereocenters. The first kappa shape index (κ1) is 20.2. The molecule has 1 atom stereocenters. The minimum Gasteiger partial charge on any atom is -0.378 e. The van der Waals surface area contributed by atoms with Gasteiger partial charge in [0.1, 0.15) is 0 Å². The van der Waals surface area contributed by atoms with E-state index >= 15 is 0 Å². The predicted molar refractivity (Wildman–Crippen MR) is 107 cm³/mol. The van der Waals surface area contributed by atoms with Gasteiger partial charge in [-0.25, -0.2) is 0 Å². The second-order valence-corrected chi connectivity index (χ2v) is 8.62. The van der Waals surface area contributed by atoms with Gasteiger partial charge in [-0.3, -0.25) is 9.98 Å². The Balaban J connectivity index is 1.78. The van der Waals surface area contributed by atoms with Crippen LogP contribution in [-0.4, -0.2) is 72.4 Å². The standard InChI is InChI=1S/C20H38N4O/c1-16(21-17(2)24-11-13-25-14-12-24)15-19-7-9-23(10-8-19)18(3)22-20(4,5)6/h16,19H,7-15H2,1-6H3/b21-17+,22-18+. The van der Waals surface area contributed by atoms with E-state index in [1.165, 1.54) is 30.9 Å². The summed E-state index contributed by atoms with van der Waals surface area (Å²) in [7, 11) is 0. The van der Waals surface area contributed by atoms with Crippen molar-refractivity contribution >= 4 is 11.7 Å². The van der Waals surface area contributed by atoms with Gasteiger partial charge in [0.2, 0.25) is 0 Å². The number of likely N-dealkylation sites (tertiary alicyclic amines) is 1. The van der Waals surface area contributed by atoms with Crippen molar-refractivity contribution in [2.45, 2.75) is 72.4 Å². The van der Waals surface area contributed by atoms with Gasteiger partial charge < -0.3 is 14.5 Å². The molecular weight excluding hydrogens is 312 g/mol. The van der Waals surface area contributed by atoms with Crippen molar-refractivity contribution in [3.63, 3.8) is 0 Å². The number of amidine groups is 2. The van der Waals surface area contributed by atoms with Gasteiger partial charge in [-0.1, -0.05) is 0 Å². The molecule has 0 aromatic carbocycles. The predicted octanol–water partition coefficient (Wildman–Crippen LogP) is 3.44. The van der Waals surface area contributed by atoms with Crippen molar-refractivity contribution in [2.24, 2.45) is 15.9 Å². The Labute approximate surface area is 154 Å². The fraction of sp³-hybridized carbons (Fsp3) is 0.900. The van der Waals surface area contributed by atoms with Gasteiger partial charge in [-0.2, -0.15) is 0 Å². The Morgan fingerprint density at radius 1 is 1.00 bits per heavy atom. The lowest BCUT2D eigenvalue weighted by Gasteiger charge is -2.35. The zero-order valence-corrected chi connectivity index (χ0v) is 17.2. The summed E-state index contributed by atoms with van der Waals surface area (Å²) >= 11 is 0. The average Bonchev–Trinajstić information content (AvgIpc) is 2.54. The Hall–Kier alpha value is -1.10. The summed E-state index contributed by atoms with van der Waals surface area (Å²) < 4.78 is 5.42. The molecule has 2 aliphatic rings. The third kappa shape index (κ3) is 6.96. The van der Waals surface area contributed by atoms with Crippen molar-refractivity contribution < 1.29 is 4.74 Å². The maximum absolute atomic E-state index is 5.42. The van der Waals surface area contributed by atoms with Crippen LogP contribution in [0.2, 0.25) is 0 Å². The van der Waals surface area contributed by atoms with Crippen molar-refractivity contribution in [1.82, 2.24) is 9.80 Å². The molecule has 0 bridgehead atoms. The zero-order valence-electron chi connectivity index (χ0n) is 17.2. The van der Waals surface area contributed by atoms with Crippen LogP contribution in [0.5, 0.6) is 0 Å². The van der Waals surface area contributed by atoms with Crippen LogP contribution in [0.4, 0.5) is 0 Å². The highest BCUT2D eigenvalue weighted by Gasteiger charge is 2.23. The fourth-order valence-corrected chi connectivity index (χ4v) is 3.87. The quantitative estimate of drug-likeness (QED) is 0.578.